The average molecular weight is 1720 g/mol. The average Bonchev–Trinajstić information content (AvgIpc) is 0.738. The molecule has 0 saturated carbocycles. The molecule has 0 amide bonds. The number of carbonyl (C=O) groups is 2. The maximum atomic E-state index is 14.5. The quantitative estimate of drug-likeness (QED) is 0.0259. The van der Waals surface area contributed by atoms with Crippen LogP contribution in [0.2, 0.25) is 0 Å². The van der Waals surface area contributed by atoms with Crippen LogP contribution in [0.4, 0.5) is 0 Å². The third kappa shape index (κ3) is 25.6. The molecule has 612 valence electrons. The van der Waals surface area contributed by atoms with E-state index in [1.165, 1.54) is 0 Å². The standard InChI is InChI=1S/C40H68O55S9/c1-10-40(39(42)95-104(67,68)69)32(88-35-27(74-6)20(71-3)17(70-2)14(82-35)11-78-96(43,44)45)25(73-5)29(76-8)38(89-40)85-19-16(13-80-98(49,50)51)83-37(31(93-102(61,62)63)24(19)91-100(55,56)57)86-22-21(72-4)28(75-7)36(87-26(22)33(41)94-103(64,65)66)84-18-15(12-79-97(46,47)48)81-34(77-9)30(92-101(58,59)60)23(18)90-99(52,53)54/h14-32,34-38H,10-13H2,1-9H3,(H,43,44,45)(H,46,47,48)(H,49,50,51)(H,52,53,54)(H,55,56,57)(H,58,59,60)(H,61,62,63)(H,64,65,66)(H,67,68,69)/t14-,15?,16+,17-,18+,19-,20-,21+,22+,23+,24-,25+,26?,27?,28-,29+,30-,31-,32+,34-,35-,36-,37+,38-,40+/m0/s1. The molecule has 0 aromatic rings. The van der Waals surface area contributed by atoms with Gasteiger partial charge in [0.1, 0.15) is 97.7 Å². The molecular formula is C40H68O55S9. The van der Waals surface area contributed by atoms with Gasteiger partial charge in [-0.2, -0.15) is 75.8 Å². The number of rotatable bonds is 38. The molecule has 0 spiro atoms. The molecule has 104 heavy (non-hydrogen) atoms. The third-order valence-electron chi connectivity index (χ3n) is 14.8. The molecule has 5 rings (SSSR count). The van der Waals surface area contributed by atoms with Gasteiger partial charge in [0.25, 0.3) is 0 Å². The first-order valence-corrected chi connectivity index (χ1v) is 39.9. The molecule has 5 saturated heterocycles. The van der Waals surface area contributed by atoms with E-state index in [-0.39, 0.29) is 0 Å². The Labute approximate surface area is 590 Å². The van der Waals surface area contributed by atoms with Gasteiger partial charge in [0.15, 0.2) is 55.4 Å². The van der Waals surface area contributed by atoms with Crippen molar-refractivity contribution < 1.29 is 244 Å². The zero-order chi connectivity index (χ0) is 79.2. The smallest absolute Gasteiger partial charge is 0.376 e. The summed E-state index contributed by atoms with van der Waals surface area (Å²) in [7, 11) is -47.5. The van der Waals surface area contributed by atoms with E-state index in [1.54, 1.807) is 0 Å². The molecule has 5 heterocycles. The van der Waals surface area contributed by atoms with Gasteiger partial charge in [0, 0.05) is 56.9 Å². The minimum absolute atomic E-state index is 0.577. The van der Waals surface area contributed by atoms with E-state index in [0.29, 0.717) is 21.3 Å². The van der Waals surface area contributed by atoms with Gasteiger partial charge in [0.2, 0.25) is 0 Å². The van der Waals surface area contributed by atoms with Crippen molar-refractivity contribution in [3.8, 4) is 0 Å². The molecule has 0 aromatic carbocycles. The minimum Gasteiger partial charge on any atom is -0.376 e. The Hall–Kier alpha value is -2.83. The fourth-order valence-corrected chi connectivity index (χ4v) is 14.6. The lowest BCUT2D eigenvalue weighted by atomic mass is 9.83. The third-order valence-corrected chi connectivity index (χ3v) is 18.7. The van der Waals surface area contributed by atoms with E-state index in [2.05, 4.69) is 29.3 Å². The number of ether oxygens (including phenoxy) is 17. The normalized spacial score (nSPS) is 36.1. The van der Waals surface area contributed by atoms with Gasteiger partial charge in [-0.15, -0.1) is 0 Å². The molecule has 0 aliphatic carbocycles. The van der Waals surface area contributed by atoms with Crippen molar-refractivity contribution in [2.75, 3.05) is 76.7 Å². The van der Waals surface area contributed by atoms with Crippen molar-refractivity contribution in [3.05, 3.63) is 0 Å². The Morgan fingerprint density at radius 3 is 0.990 bits per heavy atom. The Morgan fingerprint density at radius 2 is 0.635 bits per heavy atom. The topological polar surface area (TPSA) is 763 Å². The molecular weight excluding hydrogens is 1650 g/mol. The summed E-state index contributed by atoms with van der Waals surface area (Å²) in [5, 5.41) is 0. The summed E-state index contributed by atoms with van der Waals surface area (Å²) in [4.78, 5) is 28.6. The minimum atomic E-state index is -6.41. The molecule has 3 unspecified atom stereocenters. The first-order chi connectivity index (χ1) is 47.5. The van der Waals surface area contributed by atoms with Gasteiger partial charge in [-0.05, 0) is 6.42 Å². The molecule has 0 radical (unpaired) electrons. The lowest BCUT2D eigenvalue weighted by Gasteiger charge is -2.53. The van der Waals surface area contributed by atoms with Crippen LogP contribution in [0.15, 0.2) is 0 Å². The summed E-state index contributed by atoms with van der Waals surface area (Å²) < 4.78 is 448. The zero-order valence-electron chi connectivity index (χ0n) is 53.7. The molecule has 0 bridgehead atoms. The predicted molar refractivity (Wildman–Crippen MR) is 308 cm³/mol. The maximum Gasteiger partial charge on any atom is 0.449 e. The lowest BCUT2D eigenvalue weighted by molar-refractivity contribution is -0.399. The van der Waals surface area contributed by atoms with Gasteiger partial charge in [-0.25, -0.2) is 38.9 Å². The molecule has 55 nitrogen and oxygen atoms in total. The zero-order valence-corrected chi connectivity index (χ0v) is 61.0. The van der Waals surface area contributed by atoms with Gasteiger partial charge in [-0.3, -0.25) is 41.0 Å². The summed E-state index contributed by atoms with van der Waals surface area (Å²) in [6, 6.07) is 0. The van der Waals surface area contributed by atoms with Crippen LogP contribution in [-0.2, 0) is 221 Å². The summed E-state index contributed by atoms with van der Waals surface area (Å²) in [6.07, 6.45) is -62.9. The molecule has 5 aliphatic rings. The van der Waals surface area contributed by atoms with Crippen LogP contribution in [0.5, 0.6) is 0 Å². The van der Waals surface area contributed by atoms with Gasteiger partial charge >= 0.3 is 106 Å². The second-order valence-corrected chi connectivity index (χ2v) is 30.5. The molecule has 64 heteroatoms. The largest absolute Gasteiger partial charge is 0.449 e. The van der Waals surface area contributed by atoms with E-state index in [0.717, 1.165) is 42.5 Å². The number of hydrogen-bond acceptors (Lipinski definition) is 46. The van der Waals surface area contributed by atoms with Crippen LogP contribution in [0.25, 0.3) is 0 Å². The van der Waals surface area contributed by atoms with Crippen LogP contribution in [0, 0.1) is 0 Å². The van der Waals surface area contributed by atoms with Gasteiger partial charge in [-0.1, -0.05) is 6.92 Å². The summed E-state index contributed by atoms with van der Waals surface area (Å²) >= 11 is 0. The second kappa shape index (κ2) is 36.1. The van der Waals surface area contributed by atoms with Crippen LogP contribution in [-0.4, -0.2) is 358 Å². The Kier molecular flexibility index (Phi) is 31.9. The van der Waals surface area contributed by atoms with E-state index in [4.69, 9.17) is 88.9 Å². The summed E-state index contributed by atoms with van der Waals surface area (Å²) in [6.45, 7) is -3.80. The molecule has 5 fully saturated rings. The highest BCUT2D eigenvalue weighted by molar-refractivity contribution is 7.82. The fraction of sp³-hybridized carbons (Fsp3) is 0.950. The lowest BCUT2D eigenvalue weighted by Crippen LogP contribution is -2.73. The van der Waals surface area contributed by atoms with E-state index < -0.39 is 285 Å². The van der Waals surface area contributed by atoms with Crippen LogP contribution in [0.3, 0.4) is 0 Å². The second-order valence-electron chi connectivity index (χ2n) is 21.0. The van der Waals surface area contributed by atoms with E-state index >= 15 is 0 Å². The van der Waals surface area contributed by atoms with E-state index in [1.807, 2.05) is 0 Å². The van der Waals surface area contributed by atoms with Crippen LogP contribution >= 0.6 is 0 Å². The molecule has 25 atom stereocenters. The molecule has 9 N–H and O–H groups in total. The number of methoxy groups -OCH3 is 8. The van der Waals surface area contributed by atoms with Crippen molar-refractivity contribution in [1.29, 1.82) is 0 Å². The Balaban J connectivity index is 1.77. The first-order valence-electron chi connectivity index (χ1n) is 27.6. The monoisotopic (exact) mass is 1720 g/mol. The summed E-state index contributed by atoms with van der Waals surface area (Å²) in [5.74, 6) is -4.80. The predicted octanol–water partition coefficient (Wildman–Crippen LogP) is -8.41. The van der Waals surface area contributed by atoms with Gasteiger partial charge < -0.3 is 88.9 Å². The Bertz CT molecular complexity index is 3970. The van der Waals surface area contributed by atoms with Crippen molar-refractivity contribution >= 4 is 106 Å². The highest BCUT2D eigenvalue weighted by Gasteiger charge is 2.66. The Morgan fingerprint density at radius 1 is 0.317 bits per heavy atom. The van der Waals surface area contributed by atoms with Crippen molar-refractivity contribution in [2.24, 2.45) is 0 Å². The molecule has 5 aliphatic heterocycles. The molecule has 0 aromatic heterocycles. The van der Waals surface area contributed by atoms with Crippen molar-refractivity contribution in [2.45, 2.75) is 166 Å². The maximum absolute atomic E-state index is 14.5. The SMILES string of the molecule is CC[C@@]1(C(=O)OS(=O)(=O)O)O[C@H](O[C@@H]2[C@H](OS(=O)(=O)O)[C@H](OS(=O)(=O)O)[C@@H](O[C@H]3C(C(=O)OS(=O)(=O)O)O[C@H](O[C@@H]4C(COS(=O)(=O)O)O[C@H](OC)[C@@H](OS(=O)(=O)O)[C@@H]4OS(=O)(=O)O)[C@@H](OC)[C@@H]3OC)O[C@@H]2COS(=O)(=O)O)[C@H](OC)[C@@H](OC)[C@H]1O[C@@H]1O[C@@H](COS(=O)(=O)O)[C@H](OC)[C@H](OC)C1OC. The highest BCUT2D eigenvalue weighted by Crippen LogP contribution is 2.45. The number of carbonyl (C=O) groups excluding carboxylic acids is 2. The van der Waals surface area contributed by atoms with Crippen molar-refractivity contribution in [3.63, 3.8) is 0 Å². The number of hydrogen-bond donors (Lipinski definition) is 9. The fourth-order valence-electron chi connectivity index (χ4n) is 11.0. The van der Waals surface area contributed by atoms with Gasteiger partial charge in [0.05, 0.1) is 19.8 Å². The van der Waals surface area contributed by atoms with Crippen molar-refractivity contribution in [1.82, 2.24) is 0 Å². The van der Waals surface area contributed by atoms with Crippen LogP contribution in [0.1, 0.15) is 13.3 Å². The first kappa shape index (κ1) is 91.8. The van der Waals surface area contributed by atoms with E-state index in [9.17, 15) is 126 Å². The summed E-state index contributed by atoms with van der Waals surface area (Å²) in [5.41, 5.74) is -3.35. The van der Waals surface area contributed by atoms with Crippen LogP contribution < -0.4 is 0 Å². The highest BCUT2D eigenvalue weighted by atomic mass is 32.3.